The maximum Gasteiger partial charge on any atom is 0.140 e. The van der Waals surface area contributed by atoms with Gasteiger partial charge in [0.15, 0.2) is 0 Å². The van der Waals surface area contributed by atoms with Gasteiger partial charge in [-0.3, -0.25) is 9.80 Å². The zero-order valence-corrected chi connectivity index (χ0v) is 9.90. The molecule has 5 heteroatoms. The highest BCUT2D eigenvalue weighted by Crippen LogP contribution is 2.14. The van der Waals surface area contributed by atoms with E-state index in [1.54, 1.807) is 12.1 Å². The number of anilines is 1. The average Bonchev–Trinajstić information content (AvgIpc) is 2.30. The summed E-state index contributed by atoms with van der Waals surface area (Å²) in [5, 5.41) is 11.1. The number of hydrogen-bond donors (Lipinski definition) is 2. The second-order valence-electron chi connectivity index (χ2n) is 4.50. The number of nitrogens with two attached hydrogens (primary N) is 1. The molecule has 1 aromatic carbocycles. The molecular formula is C12H17N3O2. The van der Waals surface area contributed by atoms with Gasteiger partial charge in [-0.1, -0.05) is 0 Å². The third kappa shape index (κ3) is 2.57. The predicted molar refractivity (Wildman–Crippen MR) is 63.0 cm³/mol. The number of nitrogens with one attached hydrogen (secondary N) is 1. The number of carbonyl (C=O) groups excluding carboxylic acids is 1. The minimum Gasteiger partial charge on any atom is -0.545 e. The largest absolute Gasteiger partial charge is 0.545 e. The van der Waals surface area contributed by atoms with E-state index in [0.717, 1.165) is 31.9 Å². The second kappa shape index (κ2) is 4.73. The fourth-order valence-electron chi connectivity index (χ4n) is 2.20. The minimum atomic E-state index is -1.15. The highest BCUT2D eigenvalue weighted by atomic mass is 16.4. The van der Waals surface area contributed by atoms with Gasteiger partial charge >= 0.3 is 0 Å². The normalized spacial score (nSPS) is 18.2. The molecule has 0 atom stereocenters. The third-order valence-corrected chi connectivity index (χ3v) is 3.24. The van der Waals surface area contributed by atoms with Crippen LogP contribution in [-0.2, 0) is 0 Å². The summed E-state index contributed by atoms with van der Waals surface area (Å²) in [7, 11) is 2.07. The Bertz CT molecular complexity index is 426. The smallest absolute Gasteiger partial charge is 0.140 e. The molecule has 1 heterocycles. The van der Waals surface area contributed by atoms with Gasteiger partial charge in [0.1, 0.15) is 5.69 Å². The van der Waals surface area contributed by atoms with Crippen LogP contribution in [0, 0.1) is 0 Å². The van der Waals surface area contributed by atoms with Crippen LogP contribution in [-0.4, -0.2) is 44.1 Å². The van der Waals surface area contributed by atoms with E-state index < -0.39 is 5.97 Å². The van der Waals surface area contributed by atoms with Gasteiger partial charge in [-0.25, -0.2) is 0 Å². The van der Waals surface area contributed by atoms with Crippen molar-refractivity contribution in [1.29, 1.82) is 0 Å². The number of rotatable bonds is 2. The fourth-order valence-corrected chi connectivity index (χ4v) is 2.20. The third-order valence-electron chi connectivity index (χ3n) is 3.24. The number of likely N-dealkylation sites (N-methyl/N-ethyl adjacent to an activating group) is 1. The van der Waals surface area contributed by atoms with E-state index in [2.05, 4.69) is 11.9 Å². The molecule has 0 saturated carbocycles. The quantitative estimate of drug-likeness (QED) is 0.587. The van der Waals surface area contributed by atoms with E-state index in [0.29, 0.717) is 5.69 Å². The van der Waals surface area contributed by atoms with Gasteiger partial charge in [0.2, 0.25) is 0 Å². The lowest BCUT2D eigenvalue weighted by atomic mass is 10.1. The molecule has 0 radical (unpaired) electrons. The molecular weight excluding hydrogens is 218 g/mol. The molecule has 0 spiro atoms. The molecule has 92 valence electrons. The molecule has 3 N–H and O–H groups in total. The van der Waals surface area contributed by atoms with Crippen molar-refractivity contribution in [1.82, 2.24) is 4.90 Å². The van der Waals surface area contributed by atoms with Crippen molar-refractivity contribution in [2.75, 3.05) is 39.0 Å². The maximum absolute atomic E-state index is 11.1. The summed E-state index contributed by atoms with van der Waals surface area (Å²) in [5.74, 6) is -1.15. The van der Waals surface area contributed by atoms with E-state index in [9.17, 15) is 9.90 Å². The second-order valence-corrected chi connectivity index (χ2v) is 4.50. The lowest BCUT2D eigenvalue weighted by Crippen LogP contribution is -3.10. The highest BCUT2D eigenvalue weighted by molar-refractivity contribution is 5.91. The molecule has 0 aromatic heterocycles. The number of carboxylic acid groups (broad SMARTS) is 1. The van der Waals surface area contributed by atoms with Crippen LogP contribution in [0.5, 0.6) is 0 Å². The first-order valence-corrected chi connectivity index (χ1v) is 5.72. The van der Waals surface area contributed by atoms with E-state index in [1.165, 1.54) is 11.0 Å². The first-order chi connectivity index (χ1) is 8.08. The lowest BCUT2D eigenvalue weighted by molar-refractivity contribution is -0.838. The molecule has 0 aliphatic carbocycles. The van der Waals surface area contributed by atoms with Crippen molar-refractivity contribution in [2.45, 2.75) is 0 Å². The summed E-state index contributed by atoms with van der Waals surface area (Å²) in [6, 6.07) is 5.02. The summed E-state index contributed by atoms with van der Waals surface area (Å²) in [4.78, 5) is 14.5. The molecule has 1 aromatic rings. The van der Waals surface area contributed by atoms with Crippen LogP contribution in [0.2, 0.25) is 0 Å². The minimum absolute atomic E-state index is 0.213. The molecule has 0 amide bonds. The summed E-state index contributed by atoms with van der Waals surface area (Å²) < 4.78 is 0. The SMILES string of the molecule is CN1CC[NH+](c2ccc(N)cc2C(=O)[O-])CC1. The Morgan fingerprint density at radius 3 is 2.65 bits per heavy atom. The monoisotopic (exact) mass is 235 g/mol. The molecule has 1 fully saturated rings. The topological polar surface area (TPSA) is 73.8 Å². The summed E-state index contributed by atoms with van der Waals surface area (Å²) in [5.41, 5.74) is 7.07. The van der Waals surface area contributed by atoms with E-state index in [1.807, 2.05) is 0 Å². The van der Waals surface area contributed by atoms with Crippen molar-refractivity contribution < 1.29 is 14.8 Å². The zero-order chi connectivity index (χ0) is 12.4. The first-order valence-electron chi connectivity index (χ1n) is 5.72. The number of carboxylic acids is 1. The van der Waals surface area contributed by atoms with E-state index in [4.69, 9.17) is 5.73 Å². The van der Waals surface area contributed by atoms with Crippen molar-refractivity contribution in [3.05, 3.63) is 23.8 Å². The van der Waals surface area contributed by atoms with Gasteiger partial charge in [-0.2, -0.15) is 0 Å². The number of hydrogen-bond acceptors (Lipinski definition) is 4. The van der Waals surface area contributed by atoms with Crippen LogP contribution in [0.3, 0.4) is 0 Å². The molecule has 17 heavy (non-hydrogen) atoms. The van der Waals surface area contributed by atoms with Crippen LogP contribution >= 0.6 is 0 Å². The standard InChI is InChI=1S/C12H17N3O2/c1-14-4-6-15(7-5-14)11-3-2-9(13)8-10(11)12(16)17/h2-3,8H,4-7,13H2,1H3,(H,16,17). The van der Waals surface area contributed by atoms with Crippen LogP contribution < -0.4 is 15.7 Å². The van der Waals surface area contributed by atoms with Crippen LogP contribution in [0.4, 0.5) is 11.4 Å². The molecule has 0 bridgehead atoms. The average molecular weight is 235 g/mol. The van der Waals surface area contributed by atoms with Crippen molar-refractivity contribution >= 4 is 17.3 Å². The Hall–Kier alpha value is -1.59. The van der Waals surface area contributed by atoms with Gasteiger partial charge < -0.3 is 15.6 Å². The molecule has 1 saturated heterocycles. The molecule has 1 aliphatic heterocycles. The van der Waals surface area contributed by atoms with Gasteiger partial charge in [0.05, 0.1) is 24.6 Å². The van der Waals surface area contributed by atoms with Gasteiger partial charge in [0.25, 0.3) is 0 Å². The number of nitrogens with zero attached hydrogens (tertiary/aromatic N) is 1. The first kappa shape index (κ1) is 11.9. The van der Waals surface area contributed by atoms with Crippen LogP contribution in [0.15, 0.2) is 18.2 Å². The Balaban J connectivity index is 2.28. The molecule has 5 nitrogen and oxygen atoms in total. The summed E-state index contributed by atoms with van der Waals surface area (Å²) in [6.07, 6.45) is 0. The lowest BCUT2D eigenvalue weighted by Gasteiger charge is -2.30. The van der Waals surface area contributed by atoms with Crippen LogP contribution in [0.1, 0.15) is 10.4 Å². The Labute approximate surface area is 100 Å². The number of nitrogen functional groups attached to an aromatic ring is 1. The predicted octanol–water partition coefficient (Wildman–Crippen LogP) is -1.91. The van der Waals surface area contributed by atoms with Crippen LogP contribution in [0.25, 0.3) is 0 Å². The Kier molecular flexibility index (Phi) is 3.31. The molecule has 2 rings (SSSR count). The highest BCUT2D eigenvalue weighted by Gasteiger charge is 2.22. The van der Waals surface area contributed by atoms with Gasteiger partial charge in [-0.05, 0) is 19.2 Å². The Morgan fingerprint density at radius 1 is 1.41 bits per heavy atom. The molecule has 0 unspecified atom stereocenters. The fraction of sp³-hybridized carbons (Fsp3) is 0.417. The van der Waals surface area contributed by atoms with Gasteiger partial charge in [-0.15, -0.1) is 0 Å². The van der Waals surface area contributed by atoms with E-state index >= 15 is 0 Å². The van der Waals surface area contributed by atoms with Crippen molar-refractivity contribution in [2.24, 2.45) is 0 Å². The summed E-state index contributed by atoms with van der Waals surface area (Å²) in [6.45, 7) is 3.74. The van der Waals surface area contributed by atoms with Crippen molar-refractivity contribution in [3.63, 3.8) is 0 Å². The number of quaternary nitrogens is 1. The molecule has 1 aliphatic rings. The summed E-state index contributed by atoms with van der Waals surface area (Å²) >= 11 is 0. The number of benzene rings is 1. The number of piperazine rings is 1. The number of carbonyl (C=O) groups is 1. The zero-order valence-electron chi connectivity index (χ0n) is 9.90. The van der Waals surface area contributed by atoms with Gasteiger partial charge in [0, 0.05) is 24.8 Å². The maximum atomic E-state index is 11.1. The number of aromatic carboxylic acids is 1. The van der Waals surface area contributed by atoms with E-state index in [-0.39, 0.29) is 5.56 Å². The van der Waals surface area contributed by atoms with Crippen molar-refractivity contribution in [3.8, 4) is 0 Å². The Morgan fingerprint density at radius 2 is 2.06 bits per heavy atom.